The first-order valence-electron chi connectivity index (χ1n) is 7.70. The molecule has 7 nitrogen and oxygen atoms in total. The molecule has 0 aliphatic carbocycles. The summed E-state index contributed by atoms with van der Waals surface area (Å²) in [6.45, 7) is 2.85. The summed E-state index contributed by atoms with van der Waals surface area (Å²) in [5, 5.41) is 14.2. The Kier molecular flexibility index (Phi) is 4.53. The third kappa shape index (κ3) is 3.54. The van der Waals surface area contributed by atoms with E-state index in [1.54, 1.807) is 6.07 Å². The van der Waals surface area contributed by atoms with E-state index in [0.29, 0.717) is 23.7 Å². The number of nitro benzene ring substituents is 1. The van der Waals surface area contributed by atoms with Gasteiger partial charge in [-0.2, -0.15) is 4.98 Å². The fraction of sp³-hybridized carbons (Fsp3) is 0.533. The zero-order valence-electron chi connectivity index (χ0n) is 12.4. The van der Waals surface area contributed by atoms with Crippen LogP contribution in [0.4, 0.5) is 5.69 Å². The number of rotatable bonds is 6. The van der Waals surface area contributed by atoms with Crippen molar-refractivity contribution in [2.45, 2.75) is 25.7 Å². The average molecular weight is 304 g/mol. The third-order valence-corrected chi connectivity index (χ3v) is 4.05. The van der Waals surface area contributed by atoms with E-state index in [0.717, 1.165) is 31.8 Å². The maximum atomic E-state index is 10.7. The van der Waals surface area contributed by atoms with Gasteiger partial charge in [0.15, 0.2) is 0 Å². The van der Waals surface area contributed by atoms with Crippen molar-refractivity contribution >= 4 is 16.7 Å². The highest BCUT2D eigenvalue weighted by atomic mass is 16.6. The van der Waals surface area contributed by atoms with Gasteiger partial charge in [-0.05, 0) is 50.8 Å². The molecule has 2 N–H and O–H groups in total. The van der Waals surface area contributed by atoms with Crippen LogP contribution < -0.4 is 10.1 Å². The number of aromatic amines is 1. The van der Waals surface area contributed by atoms with Crippen LogP contribution in [0.5, 0.6) is 6.01 Å². The highest BCUT2D eigenvalue weighted by Gasteiger charge is 2.13. The van der Waals surface area contributed by atoms with Crippen molar-refractivity contribution in [1.82, 2.24) is 15.3 Å². The summed E-state index contributed by atoms with van der Waals surface area (Å²) in [6, 6.07) is 4.98. The van der Waals surface area contributed by atoms with Gasteiger partial charge in [-0.3, -0.25) is 10.1 Å². The van der Waals surface area contributed by atoms with Gasteiger partial charge in [0, 0.05) is 12.1 Å². The van der Waals surface area contributed by atoms with E-state index in [4.69, 9.17) is 4.74 Å². The molecule has 1 aliphatic heterocycles. The Morgan fingerprint density at radius 2 is 2.36 bits per heavy atom. The molecular formula is C15H20N4O3. The van der Waals surface area contributed by atoms with E-state index < -0.39 is 4.92 Å². The number of nitrogens with one attached hydrogen (secondary N) is 2. The Morgan fingerprint density at radius 1 is 1.45 bits per heavy atom. The highest BCUT2D eigenvalue weighted by Crippen LogP contribution is 2.22. The minimum Gasteiger partial charge on any atom is -0.465 e. The monoisotopic (exact) mass is 304 g/mol. The number of piperidine rings is 1. The molecule has 0 amide bonds. The first-order valence-corrected chi connectivity index (χ1v) is 7.70. The number of ether oxygens (including phenoxy) is 1. The first-order chi connectivity index (χ1) is 10.7. The van der Waals surface area contributed by atoms with Gasteiger partial charge in [0.05, 0.1) is 22.6 Å². The van der Waals surface area contributed by atoms with Crippen molar-refractivity contribution in [2.75, 3.05) is 19.7 Å². The molecule has 1 aromatic carbocycles. The number of H-pyrrole nitrogens is 1. The molecule has 1 aliphatic rings. The predicted molar refractivity (Wildman–Crippen MR) is 83.1 cm³/mol. The van der Waals surface area contributed by atoms with Crippen molar-refractivity contribution in [1.29, 1.82) is 0 Å². The second-order valence-corrected chi connectivity index (χ2v) is 5.70. The smallest absolute Gasteiger partial charge is 0.294 e. The van der Waals surface area contributed by atoms with Crippen LogP contribution >= 0.6 is 0 Å². The summed E-state index contributed by atoms with van der Waals surface area (Å²) in [5.41, 5.74) is 1.35. The molecule has 0 unspecified atom stereocenters. The standard InChI is InChI=1S/C15H20N4O3/c20-19(21)12-5-6-13-14(9-12)18-15(17-13)22-8-2-4-11-3-1-7-16-10-11/h5-6,9,11,16H,1-4,7-8,10H2,(H,17,18)/t11-/m0/s1. The molecule has 1 fully saturated rings. The Labute approximate surface area is 128 Å². The molecule has 118 valence electrons. The zero-order valence-corrected chi connectivity index (χ0v) is 12.4. The van der Waals surface area contributed by atoms with E-state index in [9.17, 15) is 10.1 Å². The maximum Gasteiger partial charge on any atom is 0.294 e. The number of hydrogen-bond acceptors (Lipinski definition) is 5. The number of hydrogen-bond donors (Lipinski definition) is 2. The molecule has 2 aromatic rings. The number of nitro groups is 1. The lowest BCUT2D eigenvalue weighted by atomic mass is 9.95. The lowest BCUT2D eigenvalue weighted by Crippen LogP contribution is -2.29. The minimum absolute atomic E-state index is 0.0486. The number of imidazole rings is 1. The lowest BCUT2D eigenvalue weighted by Gasteiger charge is -2.22. The Bertz CT molecular complexity index is 649. The van der Waals surface area contributed by atoms with Crippen molar-refractivity contribution in [2.24, 2.45) is 5.92 Å². The van der Waals surface area contributed by atoms with E-state index in [2.05, 4.69) is 15.3 Å². The molecule has 0 saturated carbocycles. The number of non-ortho nitro benzene ring substituents is 1. The van der Waals surface area contributed by atoms with Gasteiger partial charge in [0.2, 0.25) is 0 Å². The number of fused-ring (bicyclic) bond motifs is 1. The SMILES string of the molecule is O=[N+]([O-])c1ccc2nc(OCCC[C@@H]3CCCNC3)[nH]c2c1. The summed E-state index contributed by atoms with van der Waals surface area (Å²) >= 11 is 0. The molecular weight excluding hydrogens is 284 g/mol. The normalized spacial score (nSPS) is 18.5. The van der Waals surface area contributed by atoms with Crippen LogP contribution in [0.2, 0.25) is 0 Å². The summed E-state index contributed by atoms with van der Waals surface area (Å²) in [5.74, 6) is 0.746. The molecule has 1 atom stereocenters. The van der Waals surface area contributed by atoms with Crippen LogP contribution in [0.3, 0.4) is 0 Å². The molecule has 3 rings (SSSR count). The summed E-state index contributed by atoms with van der Waals surface area (Å²) in [6.07, 6.45) is 4.69. The van der Waals surface area contributed by atoms with Gasteiger partial charge in [0.1, 0.15) is 0 Å². The van der Waals surface area contributed by atoms with E-state index >= 15 is 0 Å². The molecule has 0 spiro atoms. The van der Waals surface area contributed by atoms with E-state index in [1.165, 1.54) is 25.0 Å². The van der Waals surface area contributed by atoms with E-state index in [1.807, 2.05) is 0 Å². The molecule has 1 saturated heterocycles. The molecule has 1 aromatic heterocycles. The quantitative estimate of drug-likeness (QED) is 0.486. The van der Waals surface area contributed by atoms with Crippen LogP contribution in [-0.4, -0.2) is 34.6 Å². The van der Waals surface area contributed by atoms with Gasteiger partial charge in [-0.1, -0.05) is 0 Å². The molecule has 2 heterocycles. The van der Waals surface area contributed by atoms with Gasteiger partial charge in [0.25, 0.3) is 11.7 Å². The van der Waals surface area contributed by atoms with Crippen molar-refractivity contribution in [3.8, 4) is 6.01 Å². The molecule has 0 bridgehead atoms. The maximum absolute atomic E-state index is 10.7. The lowest BCUT2D eigenvalue weighted by molar-refractivity contribution is -0.384. The second kappa shape index (κ2) is 6.74. The Balaban J connectivity index is 1.52. The fourth-order valence-electron chi connectivity index (χ4n) is 2.87. The Morgan fingerprint density at radius 3 is 3.14 bits per heavy atom. The average Bonchev–Trinajstić information content (AvgIpc) is 2.94. The van der Waals surface area contributed by atoms with Gasteiger partial charge < -0.3 is 15.0 Å². The minimum atomic E-state index is -0.418. The molecule has 7 heteroatoms. The second-order valence-electron chi connectivity index (χ2n) is 5.70. The van der Waals surface area contributed by atoms with Crippen LogP contribution in [0, 0.1) is 16.0 Å². The van der Waals surface area contributed by atoms with Crippen LogP contribution in [0.1, 0.15) is 25.7 Å². The Hall–Kier alpha value is -2.15. The summed E-state index contributed by atoms with van der Waals surface area (Å²) < 4.78 is 5.63. The first kappa shape index (κ1) is 14.8. The zero-order chi connectivity index (χ0) is 15.4. The predicted octanol–water partition coefficient (Wildman–Crippen LogP) is 2.63. The van der Waals surface area contributed by atoms with Crippen molar-refractivity contribution in [3.05, 3.63) is 28.3 Å². The summed E-state index contributed by atoms with van der Waals surface area (Å²) in [4.78, 5) is 17.6. The third-order valence-electron chi connectivity index (χ3n) is 4.05. The number of nitrogens with zero attached hydrogens (tertiary/aromatic N) is 2. The molecule has 22 heavy (non-hydrogen) atoms. The van der Waals surface area contributed by atoms with Crippen molar-refractivity contribution in [3.63, 3.8) is 0 Å². The van der Waals surface area contributed by atoms with Crippen LogP contribution in [0.25, 0.3) is 11.0 Å². The summed E-state index contributed by atoms with van der Waals surface area (Å²) in [7, 11) is 0. The van der Waals surface area contributed by atoms with Crippen LogP contribution in [-0.2, 0) is 0 Å². The van der Waals surface area contributed by atoms with Gasteiger partial charge in [-0.25, -0.2) is 0 Å². The number of aromatic nitrogens is 2. The largest absolute Gasteiger partial charge is 0.465 e. The van der Waals surface area contributed by atoms with Crippen molar-refractivity contribution < 1.29 is 9.66 Å². The molecule has 0 radical (unpaired) electrons. The topological polar surface area (TPSA) is 93.1 Å². The number of benzene rings is 1. The van der Waals surface area contributed by atoms with Gasteiger partial charge >= 0.3 is 0 Å². The fourth-order valence-corrected chi connectivity index (χ4v) is 2.87. The van der Waals surface area contributed by atoms with Gasteiger partial charge in [-0.15, -0.1) is 0 Å². The van der Waals surface area contributed by atoms with E-state index in [-0.39, 0.29) is 5.69 Å². The van der Waals surface area contributed by atoms with Crippen LogP contribution in [0.15, 0.2) is 18.2 Å². The highest BCUT2D eigenvalue weighted by molar-refractivity contribution is 5.78.